The minimum absolute atomic E-state index is 0.524. The van der Waals surface area contributed by atoms with Crippen LogP contribution in [0.4, 0.5) is 0 Å². The SMILES string of the molecule is CN[C@@H](Cc1ccccc1)CN1CCOCC1. The molecule has 1 fully saturated rings. The lowest BCUT2D eigenvalue weighted by atomic mass is 10.1. The Morgan fingerprint density at radius 2 is 1.94 bits per heavy atom. The predicted molar refractivity (Wildman–Crippen MR) is 70.3 cm³/mol. The number of hydrogen-bond donors (Lipinski definition) is 1. The van der Waals surface area contributed by atoms with Gasteiger partial charge in [0.1, 0.15) is 0 Å². The summed E-state index contributed by atoms with van der Waals surface area (Å²) in [5.41, 5.74) is 1.40. The molecule has 1 aromatic rings. The molecule has 1 atom stereocenters. The number of morpholine rings is 1. The van der Waals surface area contributed by atoms with Crippen molar-refractivity contribution in [2.24, 2.45) is 0 Å². The van der Waals surface area contributed by atoms with Crippen molar-refractivity contribution < 1.29 is 4.74 Å². The van der Waals surface area contributed by atoms with Gasteiger partial charge < -0.3 is 10.1 Å². The summed E-state index contributed by atoms with van der Waals surface area (Å²) in [6.07, 6.45) is 1.09. The van der Waals surface area contributed by atoms with E-state index in [4.69, 9.17) is 4.74 Å². The van der Waals surface area contributed by atoms with E-state index in [1.54, 1.807) is 0 Å². The highest BCUT2D eigenvalue weighted by atomic mass is 16.5. The van der Waals surface area contributed by atoms with Crippen molar-refractivity contribution in [1.29, 1.82) is 0 Å². The van der Waals surface area contributed by atoms with E-state index in [1.807, 2.05) is 7.05 Å². The Morgan fingerprint density at radius 1 is 1.24 bits per heavy atom. The molecule has 17 heavy (non-hydrogen) atoms. The number of benzene rings is 1. The van der Waals surface area contributed by atoms with Gasteiger partial charge in [-0.2, -0.15) is 0 Å². The van der Waals surface area contributed by atoms with Crippen LogP contribution in [0.5, 0.6) is 0 Å². The molecule has 94 valence electrons. The van der Waals surface area contributed by atoms with Crippen LogP contribution >= 0.6 is 0 Å². The smallest absolute Gasteiger partial charge is 0.0594 e. The molecule has 0 amide bonds. The second-order valence-electron chi connectivity index (χ2n) is 4.59. The normalized spacial score (nSPS) is 19.1. The lowest BCUT2D eigenvalue weighted by Crippen LogP contribution is -2.45. The molecule has 1 N–H and O–H groups in total. The fourth-order valence-corrected chi connectivity index (χ4v) is 2.25. The fourth-order valence-electron chi connectivity index (χ4n) is 2.25. The summed E-state index contributed by atoms with van der Waals surface area (Å²) in [4.78, 5) is 2.48. The molecule has 1 heterocycles. The van der Waals surface area contributed by atoms with Crippen LogP contribution in [-0.2, 0) is 11.2 Å². The zero-order chi connectivity index (χ0) is 11.9. The summed E-state index contributed by atoms with van der Waals surface area (Å²) in [5.74, 6) is 0. The van der Waals surface area contributed by atoms with E-state index in [2.05, 4.69) is 40.5 Å². The van der Waals surface area contributed by atoms with E-state index in [0.29, 0.717) is 6.04 Å². The van der Waals surface area contributed by atoms with E-state index in [0.717, 1.165) is 39.3 Å². The zero-order valence-corrected chi connectivity index (χ0v) is 10.6. The van der Waals surface area contributed by atoms with Gasteiger partial charge in [0.2, 0.25) is 0 Å². The van der Waals surface area contributed by atoms with Crippen LogP contribution in [-0.4, -0.2) is 50.8 Å². The third-order valence-corrected chi connectivity index (χ3v) is 3.32. The summed E-state index contributed by atoms with van der Waals surface area (Å²) in [6, 6.07) is 11.2. The van der Waals surface area contributed by atoms with Crippen molar-refractivity contribution in [3.63, 3.8) is 0 Å². The number of likely N-dealkylation sites (N-methyl/N-ethyl adjacent to an activating group) is 1. The van der Waals surface area contributed by atoms with Crippen LogP contribution in [0.3, 0.4) is 0 Å². The highest BCUT2D eigenvalue weighted by Gasteiger charge is 2.15. The van der Waals surface area contributed by atoms with Gasteiger partial charge in [0.05, 0.1) is 13.2 Å². The maximum atomic E-state index is 5.37. The molecule has 1 saturated heterocycles. The maximum Gasteiger partial charge on any atom is 0.0594 e. The summed E-state index contributed by atoms with van der Waals surface area (Å²) in [6.45, 7) is 4.98. The summed E-state index contributed by atoms with van der Waals surface area (Å²) < 4.78 is 5.37. The van der Waals surface area contributed by atoms with Crippen molar-refractivity contribution >= 4 is 0 Å². The fraction of sp³-hybridized carbons (Fsp3) is 0.571. The van der Waals surface area contributed by atoms with Crippen LogP contribution < -0.4 is 5.32 Å². The molecule has 0 spiro atoms. The van der Waals surface area contributed by atoms with E-state index in [9.17, 15) is 0 Å². The van der Waals surface area contributed by atoms with E-state index in [-0.39, 0.29) is 0 Å². The second-order valence-corrected chi connectivity index (χ2v) is 4.59. The number of hydrogen-bond acceptors (Lipinski definition) is 3. The quantitative estimate of drug-likeness (QED) is 0.827. The first-order chi connectivity index (χ1) is 8.38. The highest BCUT2D eigenvalue weighted by Crippen LogP contribution is 2.05. The van der Waals surface area contributed by atoms with Gasteiger partial charge in [-0.25, -0.2) is 0 Å². The molecule has 0 aromatic heterocycles. The Balaban J connectivity index is 1.83. The Morgan fingerprint density at radius 3 is 2.59 bits per heavy atom. The monoisotopic (exact) mass is 234 g/mol. The van der Waals surface area contributed by atoms with Gasteiger partial charge in [-0.15, -0.1) is 0 Å². The highest BCUT2D eigenvalue weighted by molar-refractivity contribution is 5.16. The molecular weight excluding hydrogens is 212 g/mol. The Bertz CT molecular complexity index is 309. The minimum atomic E-state index is 0.524. The molecule has 1 aliphatic heterocycles. The van der Waals surface area contributed by atoms with Crippen molar-refractivity contribution in [2.75, 3.05) is 39.9 Å². The molecular formula is C14H22N2O. The van der Waals surface area contributed by atoms with Gasteiger partial charge in [-0.3, -0.25) is 4.90 Å². The first-order valence-corrected chi connectivity index (χ1v) is 6.40. The third-order valence-electron chi connectivity index (χ3n) is 3.32. The van der Waals surface area contributed by atoms with Gasteiger partial charge in [0.15, 0.2) is 0 Å². The van der Waals surface area contributed by atoms with Crippen molar-refractivity contribution in [2.45, 2.75) is 12.5 Å². The van der Waals surface area contributed by atoms with Gasteiger partial charge in [-0.05, 0) is 19.0 Å². The topological polar surface area (TPSA) is 24.5 Å². The molecule has 3 heteroatoms. The standard InChI is InChI=1S/C14H22N2O/c1-15-14(11-13-5-3-2-4-6-13)12-16-7-9-17-10-8-16/h2-6,14-15H,7-12H2,1H3/t14-/m0/s1. The molecule has 0 bridgehead atoms. The first kappa shape index (κ1) is 12.6. The third kappa shape index (κ3) is 4.11. The predicted octanol–water partition coefficient (Wildman–Crippen LogP) is 1.15. The van der Waals surface area contributed by atoms with Gasteiger partial charge >= 0.3 is 0 Å². The van der Waals surface area contributed by atoms with Crippen LogP contribution in [0.15, 0.2) is 30.3 Å². The van der Waals surface area contributed by atoms with Crippen LogP contribution in [0, 0.1) is 0 Å². The lowest BCUT2D eigenvalue weighted by Gasteiger charge is -2.30. The number of nitrogens with one attached hydrogen (secondary N) is 1. The van der Waals surface area contributed by atoms with Crippen LogP contribution in [0.1, 0.15) is 5.56 Å². The Kier molecular flexibility index (Phi) is 4.98. The molecule has 0 radical (unpaired) electrons. The molecule has 0 unspecified atom stereocenters. The van der Waals surface area contributed by atoms with Crippen LogP contribution in [0.2, 0.25) is 0 Å². The zero-order valence-electron chi connectivity index (χ0n) is 10.6. The summed E-state index contributed by atoms with van der Waals surface area (Å²) in [7, 11) is 2.05. The Labute approximate surface area is 104 Å². The van der Waals surface area contributed by atoms with Gasteiger partial charge in [0.25, 0.3) is 0 Å². The molecule has 2 rings (SSSR count). The van der Waals surface area contributed by atoms with Crippen molar-refractivity contribution in [3.8, 4) is 0 Å². The van der Waals surface area contributed by atoms with Crippen molar-refractivity contribution in [3.05, 3.63) is 35.9 Å². The first-order valence-electron chi connectivity index (χ1n) is 6.40. The summed E-state index contributed by atoms with van der Waals surface area (Å²) >= 11 is 0. The molecule has 0 aliphatic carbocycles. The van der Waals surface area contributed by atoms with E-state index in [1.165, 1.54) is 5.56 Å². The van der Waals surface area contributed by atoms with Crippen molar-refractivity contribution in [1.82, 2.24) is 10.2 Å². The molecule has 1 aromatic carbocycles. The average molecular weight is 234 g/mol. The number of nitrogens with zero attached hydrogens (tertiary/aromatic N) is 1. The Hall–Kier alpha value is -0.900. The summed E-state index contributed by atoms with van der Waals surface area (Å²) in [5, 5.41) is 3.42. The average Bonchev–Trinajstić information content (AvgIpc) is 2.40. The molecule has 0 saturated carbocycles. The largest absolute Gasteiger partial charge is 0.379 e. The number of ether oxygens (including phenoxy) is 1. The second kappa shape index (κ2) is 6.74. The number of rotatable bonds is 5. The van der Waals surface area contributed by atoms with Gasteiger partial charge in [0, 0.05) is 25.7 Å². The molecule has 1 aliphatic rings. The molecule has 3 nitrogen and oxygen atoms in total. The van der Waals surface area contributed by atoms with Gasteiger partial charge in [-0.1, -0.05) is 30.3 Å². The minimum Gasteiger partial charge on any atom is -0.379 e. The van der Waals surface area contributed by atoms with E-state index < -0.39 is 0 Å². The van der Waals surface area contributed by atoms with Crippen LogP contribution in [0.25, 0.3) is 0 Å². The van der Waals surface area contributed by atoms with E-state index >= 15 is 0 Å². The maximum absolute atomic E-state index is 5.37. The lowest BCUT2D eigenvalue weighted by molar-refractivity contribution is 0.0339.